The average molecular weight is 453 g/mol. The lowest BCUT2D eigenvalue weighted by Gasteiger charge is -2.36. The maximum atomic E-state index is 11.5. The Kier molecular flexibility index (Phi) is 4.15. The molecule has 0 amide bonds. The predicted molar refractivity (Wildman–Crippen MR) is 141 cm³/mol. The van der Waals surface area contributed by atoms with E-state index in [0.717, 1.165) is 55.5 Å². The van der Waals surface area contributed by atoms with Gasteiger partial charge < -0.3 is 9.84 Å². The van der Waals surface area contributed by atoms with Crippen LogP contribution in [0.25, 0.3) is 28.0 Å². The van der Waals surface area contributed by atoms with E-state index < -0.39 is 11.2 Å². The SMILES string of the molecule is CC1(O)c2ccccc2-c2c1ccc1ccc3c(c21)C=CC(c1ccccc1)(c1ccccc1)O3. The number of rotatable bonds is 2. The molecule has 1 aliphatic carbocycles. The number of hydrogen-bond donors (Lipinski definition) is 1. The Bertz CT molecular complexity index is 1590. The molecular weight excluding hydrogens is 428 g/mol. The quantitative estimate of drug-likeness (QED) is 0.302. The van der Waals surface area contributed by atoms with Crippen LogP contribution in [-0.4, -0.2) is 5.11 Å². The van der Waals surface area contributed by atoms with E-state index in [0.29, 0.717) is 0 Å². The van der Waals surface area contributed by atoms with Gasteiger partial charge in [0, 0.05) is 22.1 Å². The van der Waals surface area contributed by atoms with Gasteiger partial charge in [-0.05, 0) is 52.8 Å². The molecule has 0 radical (unpaired) electrons. The van der Waals surface area contributed by atoms with E-state index >= 15 is 0 Å². The van der Waals surface area contributed by atoms with Crippen molar-refractivity contribution in [3.8, 4) is 16.9 Å². The van der Waals surface area contributed by atoms with Crippen molar-refractivity contribution in [2.45, 2.75) is 18.1 Å². The smallest absolute Gasteiger partial charge is 0.178 e. The molecule has 0 fully saturated rings. The van der Waals surface area contributed by atoms with Crippen molar-refractivity contribution < 1.29 is 9.84 Å². The van der Waals surface area contributed by atoms with Crippen molar-refractivity contribution in [1.29, 1.82) is 0 Å². The Morgan fingerprint density at radius 2 is 1.29 bits per heavy atom. The number of benzene rings is 5. The van der Waals surface area contributed by atoms with E-state index in [1.54, 1.807) is 0 Å². The van der Waals surface area contributed by atoms with Crippen LogP contribution in [0.15, 0.2) is 115 Å². The Balaban J connectivity index is 1.51. The predicted octanol–water partition coefficient (Wildman–Crippen LogP) is 7.43. The van der Waals surface area contributed by atoms with Crippen LogP contribution in [0.5, 0.6) is 5.75 Å². The van der Waals surface area contributed by atoms with Crippen LogP contribution < -0.4 is 4.74 Å². The Labute approximate surface area is 204 Å². The van der Waals surface area contributed by atoms with Crippen LogP contribution >= 0.6 is 0 Å². The van der Waals surface area contributed by atoms with Crippen LogP contribution in [0.2, 0.25) is 0 Å². The van der Waals surface area contributed by atoms with Crippen LogP contribution in [0, 0.1) is 0 Å². The van der Waals surface area contributed by atoms with Gasteiger partial charge >= 0.3 is 0 Å². The average Bonchev–Trinajstić information content (AvgIpc) is 3.16. The topological polar surface area (TPSA) is 29.5 Å². The van der Waals surface area contributed by atoms with Crippen molar-refractivity contribution in [2.24, 2.45) is 0 Å². The van der Waals surface area contributed by atoms with Crippen molar-refractivity contribution in [3.63, 3.8) is 0 Å². The molecule has 1 unspecified atom stereocenters. The van der Waals surface area contributed by atoms with E-state index in [4.69, 9.17) is 4.74 Å². The normalized spacial score (nSPS) is 19.0. The molecular formula is C33H24O2. The fourth-order valence-corrected chi connectivity index (χ4v) is 5.89. The Morgan fingerprint density at radius 1 is 0.657 bits per heavy atom. The summed E-state index contributed by atoms with van der Waals surface area (Å²) >= 11 is 0. The molecule has 0 bridgehead atoms. The molecule has 2 nitrogen and oxygen atoms in total. The third-order valence-electron chi connectivity index (χ3n) is 7.59. The standard InChI is InChI=1S/C33H24O2/c1-32(34)27-15-9-8-14-25(27)31-28(32)18-16-22-17-19-29-26(30(22)31)20-21-33(35-29,23-10-4-2-5-11-23)24-12-6-3-7-13-24/h2-21,34H,1H3. The van der Waals surface area contributed by atoms with Crippen molar-refractivity contribution in [2.75, 3.05) is 0 Å². The molecule has 1 heterocycles. The lowest BCUT2D eigenvalue weighted by Crippen LogP contribution is -2.34. The molecule has 1 atom stereocenters. The molecule has 7 rings (SSSR count). The molecule has 2 aliphatic rings. The number of ether oxygens (including phenoxy) is 1. The lowest BCUT2D eigenvalue weighted by atomic mass is 9.82. The van der Waals surface area contributed by atoms with Gasteiger partial charge in [-0.3, -0.25) is 0 Å². The summed E-state index contributed by atoms with van der Waals surface area (Å²) < 4.78 is 6.95. The van der Waals surface area contributed by atoms with Gasteiger partial charge in [0.1, 0.15) is 11.4 Å². The number of fused-ring (bicyclic) bond motifs is 7. The van der Waals surface area contributed by atoms with Crippen LogP contribution in [0.3, 0.4) is 0 Å². The minimum absolute atomic E-state index is 0.718. The van der Waals surface area contributed by atoms with Crippen LogP contribution in [0.4, 0.5) is 0 Å². The van der Waals surface area contributed by atoms with Gasteiger partial charge in [0.15, 0.2) is 5.60 Å². The van der Waals surface area contributed by atoms with Gasteiger partial charge in [0.05, 0.1) is 0 Å². The zero-order valence-electron chi connectivity index (χ0n) is 19.4. The molecule has 0 saturated carbocycles. The van der Waals surface area contributed by atoms with Gasteiger partial charge in [-0.25, -0.2) is 0 Å². The lowest BCUT2D eigenvalue weighted by molar-refractivity contribution is 0.107. The maximum absolute atomic E-state index is 11.5. The number of aliphatic hydroxyl groups is 1. The van der Waals surface area contributed by atoms with E-state index in [1.165, 1.54) is 0 Å². The molecule has 168 valence electrons. The first-order valence-corrected chi connectivity index (χ1v) is 12.0. The van der Waals surface area contributed by atoms with Gasteiger partial charge in [0.2, 0.25) is 0 Å². The van der Waals surface area contributed by atoms with E-state index in [-0.39, 0.29) is 0 Å². The van der Waals surface area contributed by atoms with Gasteiger partial charge in [-0.15, -0.1) is 0 Å². The summed E-state index contributed by atoms with van der Waals surface area (Å²) in [4.78, 5) is 0. The summed E-state index contributed by atoms with van der Waals surface area (Å²) in [7, 11) is 0. The van der Waals surface area contributed by atoms with Crippen LogP contribution in [0.1, 0.15) is 34.7 Å². The fraction of sp³-hybridized carbons (Fsp3) is 0.0909. The van der Waals surface area contributed by atoms with Gasteiger partial charge in [-0.1, -0.05) is 103 Å². The van der Waals surface area contributed by atoms with Gasteiger partial charge in [-0.2, -0.15) is 0 Å². The van der Waals surface area contributed by atoms with Gasteiger partial charge in [0.25, 0.3) is 0 Å². The highest BCUT2D eigenvalue weighted by atomic mass is 16.5. The van der Waals surface area contributed by atoms with Crippen molar-refractivity contribution in [3.05, 3.63) is 143 Å². The minimum atomic E-state index is -1.03. The zero-order chi connectivity index (χ0) is 23.6. The largest absolute Gasteiger partial charge is 0.473 e. The summed E-state index contributed by atoms with van der Waals surface area (Å²) in [6, 6.07) is 37.3. The van der Waals surface area contributed by atoms with Crippen molar-refractivity contribution >= 4 is 16.8 Å². The molecule has 0 spiro atoms. The first-order chi connectivity index (χ1) is 17.1. The molecule has 1 N–H and O–H groups in total. The Morgan fingerprint density at radius 3 is 2.00 bits per heavy atom. The highest BCUT2D eigenvalue weighted by Crippen LogP contribution is 2.53. The second kappa shape index (κ2) is 7.18. The second-order valence-corrected chi connectivity index (χ2v) is 9.58. The molecule has 2 heteroatoms. The highest BCUT2D eigenvalue weighted by molar-refractivity contribution is 6.07. The molecule has 5 aromatic rings. The molecule has 35 heavy (non-hydrogen) atoms. The minimum Gasteiger partial charge on any atom is -0.473 e. The third-order valence-corrected chi connectivity index (χ3v) is 7.59. The van der Waals surface area contributed by atoms with E-state index in [1.807, 2.05) is 37.3 Å². The van der Waals surface area contributed by atoms with E-state index in [9.17, 15) is 5.11 Å². The monoisotopic (exact) mass is 452 g/mol. The fourth-order valence-electron chi connectivity index (χ4n) is 5.89. The summed E-state index contributed by atoms with van der Waals surface area (Å²) in [5.74, 6) is 0.838. The van der Waals surface area contributed by atoms with Crippen LogP contribution in [-0.2, 0) is 11.2 Å². The maximum Gasteiger partial charge on any atom is 0.178 e. The Hall–Kier alpha value is -4.14. The first kappa shape index (κ1) is 20.3. The molecule has 0 aromatic heterocycles. The summed E-state index contributed by atoms with van der Waals surface area (Å²) in [5.41, 5.74) is 5.54. The highest BCUT2D eigenvalue weighted by Gasteiger charge is 2.41. The third kappa shape index (κ3) is 2.75. The molecule has 0 saturated heterocycles. The molecule has 5 aromatic carbocycles. The van der Waals surface area contributed by atoms with Crippen molar-refractivity contribution in [1.82, 2.24) is 0 Å². The second-order valence-electron chi connectivity index (χ2n) is 9.58. The summed E-state index contributed by atoms with van der Waals surface area (Å²) in [6.45, 7) is 1.89. The summed E-state index contributed by atoms with van der Waals surface area (Å²) in [6.07, 6.45) is 4.38. The zero-order valence-corrected chi connectivity index (χ0v) is 19.4. The first-order valence-electron chi connectivity index (χ1n) is 12.0. The number of hydrogen-bond acceptors (Lipinski definition) is 2. The summed E-state index contributed by atoms with van der Waals surface area (Å²) in [5, 5.41) is 13.7. The molecule has 1 aliphatic heterocycles. The van der Waals surface area contributed by atoms with E-state index in [2.05, 4.69) is 91.0 Å².